The molecule has 2 aromatic heterocycles. The Labute approximate surface area is 196 Å². The van der Waals surface area contributed by atoms with Crippen molar-refractivity contribution in [3.8, 4) is 11.3 Å². The van der Waals surface area contributed by atoms with Crippen LogP contribution in [0.5, 0.6) is 0 Å². The van der Waals surface area contributed by atoms with E-state index in [4.69, 9.17) is 4.98 Å². The van der Waals surface area contributed by atoms with Crippen LogP contribution in [-0.2, 0) is 10.2 Å². The number of Topliss-reactive ketones (excluding diaryl/α,β-unsaturated/α-hetero) is 1. The number of anilines is 1. The summed E-state index contributed by atoms with van der Waals surface area (Å²) in [6.45, 7) is 10.9. The van der Waals surface area contributed by atoms with Crippen LogP contribution in [0.2, 0.25) is 0 Å². The lowest BCUT2D eigenvalue weighted by molar-refractivity contribution is -0.118. The van der Waals surface area contributed by atoms with Gasteiger partial charge in [-0.15, -0.1) is 0 Å². The van der Waals surface area contributed by atoms with E-state index < -0.39 is 5.41 Å². The number of nitrogens with zero attached hydrogens (tertiary/aromatic N) is 3. The minimum absolute atomic E-state index is 0.0692. The first-order valence-electron chi connectivity index (χ1n) is 11.9. The number of pyridine rings is 1. The number of fused-ring (bicyclic) bond motifs is 1. The van der Waals surface area contributed by atoms with Gasteiger partial charge in [-0.2, -0.15) is 0 Å². The molecule has 1 aliphatic heterocycles. The molecule has 3 heterocycles. The first-order chi connectivity index (χ1) is 15.8. The second-order valence-corrected chi connectivity index (χ2v) is 10.4. The molecule has 0 radical (unpaired) electrons. The highest BCUT2D eigenvalue weighted by atomic mass is 16.1. The third-order valence-electron chi connectivity index (χ3n) is 7.24. The molecule has 2 aliphatic rings. The van der Waals surface area contributed by atoms with Gasteiger partial charge in [-0.25, -0.2) is 9.97 Å². The fourth-order valence-corrected chi connectivity index (χ4v) is 5.80. The lowest BCUT2D eigenvalue weighted by Gasteiger charge is -2.46. The first kappa shape index (κ1) is 21.6. The Morgan fingerprint density at radius 2 is 1.97 bits per heavy atom. The Morgan fingerprint density at radius 3 is 2.73 bits per heavy atom. The fraction of sp³-hybridized carbons (Fsp3) is 0.393. The van der Waals surface area contributed by atoms with Gasteiger partial charge in [0.1, 0.15) is 5.82 Å². The summed E-state index contributed by atoms with van der Waals surface area (Å²) in [5, 5.41) is 3.54. The van der Waals surface area contributed by atoms with Crippen LogP contribution in [0, 0.1) is 5.41 Å². The minimum Gasteiger partial charge on any atom is -0.343 e. The molecule has 3 aromatic rings. The number of carbonyl (C=O) groups excluding carboxylic acids is 1. The van der Waals surface area contributed by atoms with Gasteiger partial charge in [0.2, 0.25) is 0 Å². The zero-order valence-corrected chi connectivity index (χ0v) is 20.1. The van der Waals surface area contributed by atoms with Crippen LogP contribution in [0.1, 0.15) is 71.0 Å². The van der Waals surface area contributed by atoms with E-state index in [1.54, 1.807) is 0 Å². The highest BCUT2D eigenvalue weighted by Gasteiger charge is 2.49. The van der Waals surface area contributed by atoms with Crippen molar-refractivity contribution in [3.05, 3.63) is 77.5 Å². The summed E-state index contributed by atoms with van der Waals surface area (Å²) in [6.07, 6.45) is 7.82. The molecule has 0 fully saturated rings. The van der Waals surface area contributed by atoms with Gasteiger partial charge in [-0.1, -0.05) is 45.0 Å². The summed E-state index contributed by atoms with van der Waals surface area (Å²) in [5.41, 5.74) is 5.76. The van der Waals surface area contributed by atoms with Crippen molar-refractivity contribution in [1.82, 2.24) is 14.5 Å². The molecule has 1 atom stereocenters. The standard InChI is InChI=1S/C28H32N4O/c1-6-28(20-10-7-9-19(13-20)23-16-29-17-32(23)18(2)3)21-11-8-12-30-26(21)31-22-14-27(4,5)15-24(33)25(22)28/h7-13,16-18H,6,14-15H2,1-5H3,(H,30,31)/t28-/m0/s1. The third-order valence-corrected chi connectivity index (χ3v) is 7.24. The van der Waals surface area contributed by atoms with Crippen LogP contribution in [0.4, 0.5) is 5.82 Å². The maximum atomic E-state index is 13.7. The lowest BCUT2D eigenvalue weighted by atomic mass is 9.59. The SMILES string of the molecule is CC[C@@]1(c2cccc(-c3cncn3C(C)C)c2)C2=C(CC(C)(C)CC2=O)Nc2ncccc21. The molecule has 0 saturated heterocycles. The Bertz CT molecular complexity index is 1270. The molecule has 0 amide bonds. The van der Waals surface area contributed by atoms with Crippen LogP contribution < -0.4 is 5.32 Å². The predicted molar refractivity (Wildman–Crippen MR) is 132 cm³/mol. The van der Waals surface area contributed by atoms with E-state index in [1.807, 2.05) is 24.8 Å². The van der Waals surface area contributed by atoms with Crippen molar-refractivity contribution in [2.24, 2.45) is 5.41 Å². The Morgan fingerprint density at radius 1 is 1.15 bits per heavy atom. The van der Waals surface area contributed by atoms with Crippen molar-refractivity contribution in [3.63, 3.8) is 0 Å². The van der Waals surface area contributed by atoms with E-state index in [1.165, 1.54) is 0 Å². The van der Waals surface area contributed by atoms with Crippen LogP contribution in [-0.4, -0.2) is 20.3 Å². The first-order valence-corrected chi connectivity index (χ1v) is 11.9. The topological polar surface area (TPSA) is 59.8 Å². The summed E-state index contributed by atoms with van der Waals surface area (Å²) in [4.78, 5) is 22.8. The van der Waals surface area contributed by atoms with Gasteiger partial charge in [0.25, 0.3) is 0 Å². The Hall–Kier alpha value is -3.21. The van der Waals surface area contributed by atoms with E-state index in [0.29, 0.717) is 12.5 Å². The summed E-state index contributed by atoms with van der Waals surface area (Å²) < 4.78 is 2.19. The van der Waals surface area contributed by atoms with Crippen LogP contribution >= 0.6 is 0 Å². The molecule has 0 saturated carbocycles. The molecule has 1 aromatic carbocycles. The summed E-state index contributed by atoms with van der Waals surface area (Å²) in [7, 11) is 0. The number of aromatic nitrogens is 3. The van der Waals surface area contributed by atoms with E-state index in [9.17, 15) is 4.79 Å². The van der Waals surface area contributed by atoms with Gasteiger partial charge in [-0.3, -0.25) is 4.79 Å². The van der Waals surface area contributed by atoms with Crippen molar-refractivity contribution in [2.75, 3.05) is 5.32 Å². The molecular formula is C28H32N4O. The maximum Gasteiger partial charge on any atom is 0.162 e. The van der Waals surface area contributed by atoms with E-state index in [2.05, 4.69) is 79.8 Å². The van der Waals surface area contributed by atoms with Gasteiger partial charge < -0.3 is 9.88 Å². The molecule has 0 spiro atoms. The number of rotatable bonds is 4. The highest BCUT2D eigenvalue weighted by Crippen LogP contribution is 2.54. The van der Waals surface area contributed by atoms with Crippen LogP contribution in [0.15, 0.2) is 66.4 Å². The predicted octanol–water partition coefficient (Wildman–Crippen LogP) is 6.29. The second kappa shape index (κ2) is 7.68. The summed E-state index contributed by atoms with van der Waals surface area (Å²) in [5.74, 6) is 1.10. The largest absolute Gasteiger partial charge is 0.343 e. The van der Waals surface area contributed by atoms with Crippen molar-refractivity contribution in [2.45, 2.75) is 65.3 Å². The molecule has 33 heavy (non-hydrogen) atoms. The van der Waals surface area contributed by atoms with Gasteiger partial charge in [0, 0.05) is 41.1 Å². The third kappa shape index (κ3) is 3.33. The van der Waals surface area contributed by atoms with Gasteiger partial charge >= 0.3 is 0 Å². The van der Waals surface area contributed by atoms with Gasteiger partial charge in [-0.05, 0) is 49.8 Å². The Balaban J connectivity index is 1.77. The van der Waals surface area contributed by atoms with E-state index in [-0.39, 0.29) is 11.2 Å². The molecular weight excluding hydrogens is 408 g/mol. The number of imidazole rings is 1. The number of carbonyl (C=O) groups is 1. The quantitative estimate of drug-likeness (QED) is 0.518. The number of hydrogen-bond donors (Lipinski definition) is 1. The molecule has 0 bridgehead atoms. The summed E-state index contributed by atoms with van der Waals surface area (Å²) in [6, 6.07) is 13.1. The smallest absolute Gasteiger partial charge is 0.162 e. The number of benzene rings is 1. The molecule has 0 unspecified atom stereocenters. The number of allylic oxidation sites excluding steroid dienone is 2. The zero-order valence-electron chi connectivity index (χ0n) is 20.1. The maximum absolute atomic E-state index is 13.7. The van der Waals surface area contributed by atoms with Crippen LogP contribution in [0.3, 0.4) is 0 Å². The Kier molecular flexibility index (Phi) is 5.04. The average Bonchev–Trinajstić information content (AvgIpc) is 3.27. The fourth-order valence-electron chi connectivity index (χ4n) is 5.80. The monoisotopic (exact) mass is 440 g/mol. The average molecular weight is 441 g/mol. The molecule has 5 nitrogen and oxygen atoms in total. The van der Waals surface area contributed by atoms with Crippen molar-refractivity contribution in [1.29, 1.82) is 0 Å². The van der Waals surface area contributed by atoms with Gasteiger partial charge in [0.05, 0.1) is 23.6 Å². The highest BCUT2D eigenvalue weighted by molar-refractivity contribution is 6.03. The number of hydrogen-bond acceptors (Lipinski definition) is 4. The van der Waals surface area contributed by atoms with E-state index in [0.717, 1.165) is 52.3 Å². The minimum atomic E-state index is -0.531. The molecule has 1 aliphatic carbocycles. The van der Waals surface area contributed by atoms with Gasteiger partial charge in [0.15, 0.2) is 5.78 Å². The van der Waals surface area contributed by atoms with Crippen molar-refractivity contribution < 1.29 is 4.79 Å². The van der Waals surface area contributed by atoms with Crippen LogP contribution in [0.25, 0.3) is 11.3 Å². The van der Waals surface area contributed by atoms with Crippen molar-refractivity contribution >= 4 is 11.6 Å². The number of nitrogens with one attached hydrogen (secondary N) is 1. The molecule has 170 valence electrons. The number of ketones is 1. The van der Waals surface area contributed by atoms with E-state index >= 15 is 0 Å². The second-order valence-electron chi connectivity index (χ2n) is 10.4. The lowest BCUT2D eigenvalue weighted by Crippen LogP contribution is -2.43. The summed E-state index contributed by atoms with van der Waals surface area (Å²) >= 11 is 0. The zero-order chi connectivity index (χ0) is 23.4. The normalized spacial score (nSPS) is 21.6. The molecule has 5 heteroatoms. The molecule has 1 N–H and O–H groups in total. The molecule has 5 rings (SSSR count).